The van der Waals surface area contributed by atoms with Crippen LogP contribution in [0.5, 0.6) is 5.75 Å². The summed E-state index contributed by atoms with van der Waals surface area (Å²) in [5.41, 5.74) is -0.801. The number of rotatable bonds is 3. The lowest BCUT2D eigenvalue weighted by molar-refractivity contribution is -0.162. The van der Waals surface area contributed by atoms with Crippen LogP contribution >= 0.6 is 0 Å². The van der Waals surface area contributed by atoms with Gasteiger partial charge in [0.1, 0.15) is 5.75 Å². The van der Waals surface area contributed by atoms with Crippen molar-refractivity contribution in [1.29, 1.82) is 0 Å². The van der Waals surface area contributed by atoms with Crippen molar-refractivity contribution in [2.75, 3.05) is 7.11 Å². The lowest BCUT2D eigenvalue weighted by atomic mass is 9.84. The number of hydrogen-bond donors (Lipinski definition) is 0. The molecule has 1 aromatic carbocycles. The summed E-state index contributed by atoms with van der Waals surface area (Å²) in [6.07, 6.45) is 4.61. The third-order valence-corrected chi connectivity index (χ3v) is 3.20. The fourth-order valence-electron chi connectivity index (χ4n) is 2.31. The second-order valence-corrected chi connectivity index (χ2v) is 4.38. The molecule has 0 N–H and O–H groups in total. The molecule has 1 aromatic rings. The molecule has 0 amide bonds. The van der Waals surface area contributed by atoms with Crippen molar-refractivity contribution in [2.45, 2.75) is 37.7 Å². The molecular weight excluding hydrogens is 216 g/mol. The maximum Gasteiger partial charge on any atom is 0.350 e. The van der Waals surface area contributed by atoms with Gasteiger partial charge in [-0.2, -0.15) is 0 Å². The monoisotopic (exact) mass is 233 g/mol. The lowest BCUT2D eigenvalue weighted by Crippen LogP contribution is -2.47. The molecule has 0 spiro atoms. The highest BCUT2D eigenvalue weighted by Gasteiger charge is 2.43. The van der Waals surface area contributed by atoms with Gasteiger partial charge in [0, 0.05) is 6.07 Å². The van der Waals surface area contributed by atoms with Crippen LogP contribution in [0.4, 0.5) is 0 Å². The Bertz CT molecular complexity index is 366. The maximum absolute atomic E-state index is 11.9. The minimum Gasteiger partial charge on any atom is -0.475 e. The van der Waals surface area contributed by atoms with Crippen LogP contribution in [-0.2, 0) is 9.53 Å². The molecule has 2 rings (SSSR count). The molecule has 0 aromatic heterocycles. The van der Waals surface area contributed by atoms with Gasteiger partial charge in [0.05, 0.1) is 7.11 Å². The molecule has 0 bridgehead atoms. The third kappa shape index (κ3) is 2.60. The number of para-hydroxylation sites is 1. The van der Waals surface area contributed by atoms with E-state index in [0.29, 0.717) is 5.75 Å². The minimum atomic E-state index is -0.801. The zero-order valence-corrected chi connectivity index (χ0v) is 10.1. The predicted octanol–water partition coefficient (Wildman–Crippen LogP) is 2.74. The Morgan fingerprint density at radius 1 is 1.29 bits per heavy atom. The van der Waals surface area contributed by atoms with Crippen molar-refractivity contribution < 1.29 is 14.3 Å². The second kappa shape index (κ2) is 5.21. The first-order chi connectivity index (χ1) is 8.27. The molecule has 3 heteroatoms. The van der Waals surface area contributed by atoms with Gasteiger partial charge >= 0.3 is 5.97 Å². The summed E-state index contributed by atoms with van der Waals surface area (Å²) in [5.74, 6) is 0.342. The van der Waals surface area contributed by atoms with Crippen LogP contribution in [0.3, 0.4) is 0 Å². The van der Waals surface area contributed by atoms with Crippen LogP contribution < -0.4 is 4.74 Å². The topological polar surface area (TPSA) is 35.5 Å². The van der Waals surface area contributed by atoms with Crippen LogP contribution in [-0.4, -0.2) is 18.7 Å². The summed E-state index contributed by atoms with van der Waals surface area (Å²) in [6, 6.07) is 10.3. The van der Waals surface area contributed by atoms with E-state index in [4.69, 9.17) is 9.47 Å². The molecule has 91 valence electrons. The van der Waals surface area contributed by atoms with Gasteiger partial charge in [-0.1, -0.05) is 24.6 Å². The fraction of sp³-hybridized carbons (Fsp3) is 0.500. The zero-order valence-electron chi connectivity index (χ0n) is 10.1. The maximum atomic E-state index is 11.9. The fourth-order valence-corrected chi connectivity index (χ4v) is 2.31. The quantitative estimate of drug-likeness (QED) is 0.753. The van der Waals surface area contributed by atoms with E-state index in [0.717, 1.165) is 32.1 Å². The van der Waals surface area contributed by atoms with Crippen molar-refractivity contribution in [1.82, 2.24) is 0 Å². The van der Waals surface area contributed by atoms with Crippen molar-refractivity contribution in [3.05, 3.63) is 30.3 Å². The van der Waals surface area contributed by atoms with E-state index in [1.54, 1.807) is 6.07 Å². The molecule has 0 atom stereocenters. The Balaban J connectivity index is 2.19. The van der Waals surface area contributed by atoms with E-state index in [9.17, 15) is 4.79 Å². The van der Waals surface area contributed by atoms with Gasteiger partial charge in [-0.3, -0.25) is 0 Å². The highest BCUT2D eigenvalue weighted by atomic mass is 16.6. The number of benzene rings is 1. The summed E-state index contributed by atoms with van der Waals surface area (Å²) in [7, 11) is 1.41. The first kappa shape index (κ1) is 12.0. The molecule has 1 saturated carbocycles. The van der Waals surface area contributed by atoms with E-state index in [1.807, 2.05) is 18.2 Å². The third-order valence-electron chi connectivity index (χ3n) is 3.20. The molecule has 1 aliphatic carbocycles. The standard InChI is InChI=1S/C14H17O3/c1-16-13(15)14(10-6-3-7-11-14)17-12-8-4-2-5-9-12/h2,4-5,8H,3,6-7,10-11H2,1H3. The molecule has 17 heavy (non-hydrogen) atoms. The van der Waals surface area contributed by atoms with Gasteiger partial charge in [-0.15, -0.1) is 0 Å². The number of esters is 1. The van der Waals surface area contributed by atoms with Crippen LogP contribution in [0.25, 0.3) is 0 Å². The Morgan fingerprint density at radius 2 is 2.06 bits per heavy atom. The zero-order chi connectivity index (χ0) is 12.1. The highest BCUT2D eigenvalue weighted by molar-refractivity contribution is 5.80. The number of methoxy groups -OCH3 is 1. The molecular formula is C14H17O3. The molecule has 1 radical (unpaired) electrons. The molecule has 0 unspecified atom stereocenters. The normalized spacial score (nSPS) is 18.4. The highest BCUT2D eigenvalue weighted by Crippen LogP contribution is 2.33. The first-order valence-corrected chi connectivity index (χ1v) is 6.01. The SMILES string of the molecule is COC(=O)C1(Oc2[c]cccc2)CCCCC1. The van der Waals surface area contributed by atoms with Gasteiger partial charge in [-0.25, -0.2) is 4.79 Å². The summed E-state index contributed by atoms with van der Waals surface area (Å²) in [5, 5.41) is 0. The van der Waals surface area contributed by atoms with Gasteiger partial charge in [0.15, 0.2) is 0 Å². The van der Waals surface area contributed by atoms with E-state index in [1.165, 1.54) is 7.11 Å². The summed E-state index contributed by atoms with van der Waals surface area (Å²) >= 11 is 0. The molecule has 1 fully saturated rings. The van der Waals surface area contributed by atoms with E-state index in [2.05, 4.69) is 6.07 Å². The molecule has 0 aliphatic heterocycles. The van der Waals surface area contributed by atoms with Gasteiger partial charge in [0.2, 0.25) is 5.60 Å². The smallest absolute Gasteiger partial charge is 0.350 e. The second-order valence-electron chi connectivity index (χ2n) is 4.38. The first-order valence-electron chi connectivity index (χ1n) is 6.01. The number of ether oxygens (including phenoxy) is 2. The van der Waals surface area contributed by atoms with Gasteiger partial charge in [-0.05, 0) is 31.7 Å². The van der Waals surface area contributed by atoms with Gasteiger partial charge in [0.25, 0.3) is 0 Å². The number of carbonyl (C=O) groups is 1. The Morgan fingerprint density at radius 3 is 2.65 bits per heavy atom. The van der Waals surface area contributed by atoms with Crippen molar-refractivity contribution in [3.8, 4) is 5.75 Å². The molecule has 0 heterocycles. The summed E-state index contributed by atoms with van der Waals surface area (Å²) < 4.78 is 10.8. The summed E-state index contributed by atoms with van der Waals surface area (Å²) in [6.45, 7) is 0. The Labute approximate surface area is 102 Å². The minimum absolute atomic E-state index is 0.269. The number of carbonyl (C=O) groups excluding carboxylic acids is 1. The Hall–Kier alpha value is -1.51. The average molecular weight is 233 g/mol. The van der Waals surface area contributed by atoms with Crippen LogP contribution in [0, 0.1) is 6.07 Å². The Kier molecular flexibility index (Phi) is 3.67. The van der Waals surface area contributed by atoms with Crippen molar-refractivity contribution >= 4 is 5.97 Å². The molecule has 1 aliphatic rings. The lowest BCUT2D eigenvalue weighted by Gasteiger charge is -2.34. The van der Waals surface area contributed by atoms with Gasteiger partial charge < -0.3 is 9.47 Å². The van der Waals surface area contributed by atoms with Crippen molar-refractivity contribution in [3.63, 3.8) is 0 Å². The van der Waals surface area contributed by atoms with Crippen molar-refractivity contribution in [2.24, 2.45) is 0 Å². The van der Waals surface area contributed by atoms with Crippen LogP contribution in [0.1, 0.15) is 32.1 Å². The van der Waals surface area contributed by atoms with E-state index < -0.39 is 5.60 Å². The average Bonchev–Trinajstić information content (AvgIpc) is 2.40. The van der Waals surface area contributed by atoms with E-state index in [-0.39, 0.29) is 5.97 Å². The summed E-state index contributed by atoms with van der Waals surface area (Å²) in [4.78, 5) is 11.9. The molecule has 3 nitrogen and oxygen atoms in total. The predicted molar refractivity (Wildman–Crippen MR) is 63.7 cm³/mol. The largest absolute Gasteiger partial charge is 0.475 e. The van der Waals surface area contributed by atoms with E-state index >= 15 is 0 Å². The number of hydrogen-bond acceptors (Lipinski definition) is 3. The molecule has 0 saturated heterocycles. The van der Waals surface area contributed by atoms with Crippen LogP contribution in [0.2, 0.25) is 0 Å². The van der Waals surface area contributed by atoms with Crippen LogP contribution in [0.15, 0.2) is 24.3 Å².